The van der Waals surface area contributed by atoms with Gasteiger partial charge < -0.3 is 0 Å². The summed E-state index contributed by atoms with van der Waals surface area (Å²) in [4.78, 5) is 0. The van der Waals surface area contributed by atoms with E-state index >= 15 is 0 Å². The minimum atomic E-state index is -0.553. The van der Waals surface area contributed by atoms with E-state index < -0.39 is 5.38 Å². The van der Waals surface area contributed by atoms with Crippen molar-refractivity contribution in [1.29, 1.82) is 0 Å². The lowest BCUT2D eigenvalue weighted by Crippen LogP contribution is -1.97. The second-order valence-electron chi connectivity index (χ2n) is 4.75. The first-order valence-corrected chi connectivity index (χ1v) is 7.56. The Morgan fingerprint density at radius 2 is 1.62 bits per heavy atom. The fourth-order valence-corrected chi connectivity index (χ4v) is 3.21. The van der Waals surface area contributed by atoms with E-state index in [9.17, 15) is 8.78 Å². The third-order valence-electron chi connectivity index (χ3n) is 3.36. The van der Waals surface area contributed by atoms with Crippen molar-refractivity contribution < 1.29 is 8.78 Å². The molecule has 0 aliphatic heterocycles. The maximum Gasteiger partial charge on any atom is 0.131 e. The molecule has 0 bridgehead atoms. The molecule has 0 aliphatic carbocycles. The van der Waals surface area contributed by atoms with Gasteiger partial charge in [-0.15, -0.1) is 11.6 Å². The van der Waals surface area contributed by atoms with Gasteiger partial charge in [-0.1, -0.05) is 46.3 Å². The summed E-state index contributed by atoms with van der Waals surface area (Å²) in [7, 11) is 0. The molecule has 0 saturated carbocycles. The molecule has 0 amide bonds. The van der Waals surface area contributed by atoms with Gasteiger partial charge in [0, 0.05) is 9.86 Å². The fraction of sp³-hybridized carbons (Fsp3) is 0.0588. The monoisotopic (exact) mass is 366 g/mol. The molecular formula is C17H10BrClF2. The fourth-order valence-electron chi connectivity index (χ4n) is 2.41. The molecule has 0 heterocycles. The smallest absolute Gasteiger partial charge is 0.131 e. The lowest BCUT2D eigenvalue weighted by molar-refractivity contribution is 0.624. The normalized spacial score (nSPS) is 12.6. The first-order valence-electron chi connectivity index (χ1n) is 6.33. The van der Waals surface area contributed by atoms with Crippen molar-refractivity contribution in [2.45, 2.75) is 5.38 Å². The Morgan fingerprint density at radius 1 is 0.905 bits per heavy atom. The molecule has 3 aromatic rings. The number of rotatable bonds is 2. The van der Waals surface area contributed by atoms with Crippen LogP contribution >= 0.6 is 27.5 Å². The van der Waals surface area contributed by atoms with Gasteiger partial charge in [0.1, 0.15) is 11.6 Å². The van der Waals surface area contributed by atoms with Crippen molar-refractivity contribution in [3.05, 3.63) is 81.8 Å². The Bertz CT molecular complexity index is 797. The highest BCUT2D eigenvalue weighted by molar-refractivity contribution is 9.10. The molecule has 1 unspecified atom stereocenters. The summed E-state index contributed by atoms with van der Waals surface area (Å²) >= 11 is 9.75. The van der Waals surface area contributed by atoms with Crippen LogP contribution in [0, 0.1) is 11.6 Å². The summed E-state index contributed by atoms with van der Waals surface area (Å²) in [5, 5.41) is 0.691. The van der Waals surface area contributed by atoms with Gasteiger partial charge in [0.15, 0.2) is 0 Å². The Balaban J connectivity index is 2.18. The van der Waals surface area contributed by atoms with E-state index in [1.807, 2.05) is 12.1 Å². The van der Waals surface area contributed by atoms with E-state index in [2.05, 4.69) is 15.9 Å². The average molecular weight is 368 g/mol. The zero-order valence-corrected chi connectivity index (χ0v) is 13.1. The molecule has 0 nitrogen and oxygen atoms in total. The van der Waals surface area contributed by atoms with E-state index in [0.29, 0.717) is 15.4 Å². The summed E-state index contributed by atoms with van der Waals surface area (Å²) in [6, 6.07) is 14.7. The second kappa shape index (κ2) is 5.74. The lowest BCUT2D eigenvalue weighted by Gasteiger charge is -2.14. The Labute approximate surface area is 134 Å². The molecule has 0 radical (unpaired) electrons. The van der Waals surface area contributed by atoms with Gasteiger partial charge >= 0.3 is 0 Å². The van der Waals surface area contributed by atoms with Crippen LogP contribution in [0.1, 0.15) is 16.5 Å². The van der Waals surface area contributed by atoms with Crippen molar-refractivity contribution in [2.24, 2.45) is 0 Å². The molecular weight excluding hydrogens is 358 g/mol. The lowest BCUT2D eigenvalue weighted by atomic mass is 9.97. The molecule has 21 heavy (non-hydrogen) atoms. The zero-order valence-electron chi connectivity index (χ0n) is 10.8. The van der Waals surface area contributed by atoms with Gasteiger partial charge in [-0.25, -0.2) is 8.78 Å². The van der Waals surface area contributed by atoms with Crippen molar-refractivity contribution in [1.82, 2.24) is 0 Å². The van der Waals surface area contributed by atoms with Crippen LogP contribution in [0.5, 0.6) is 0 Å². The van der Waals surface area contributed by atoms with Crippen LogP contribution in [0.3, 0.4) is 0 Å². The first kappa shape index (κ1) is 14.5. The Hall–Kier alpha value is -1.45. The number of benzene rings is 3. The highest BCUT2D eigenvalue weighted by Gasteiger charge is 2.16. The molecule has 0 aliphatic rings. The van der Waals surface area contributed by atoms with E-state index in [0.717, 1.165) is 10.9 Å². The second-order valence-corrected chi connectivity index (χ2v) is 6.10. The van der Waals surface area contributed by atoms with Crippen LogP contribution in [0.15, 0.2) is 59.1 Å². The predicted molar refractivity (Wildman–Crippen MR) is 85.7 cm³/mol. The number of hydrogen-bond acceptors (Lipinski definition) is 0. The third-order valence-corrected chi connectivity index (χ3v) is 4.30. The molecule has 0 N–H and O–H groups in total. The van der Waals surface area contributed by atoms with Crippen molar-refractivity contribution in [3.8, 4) is 0 Å². The summed E-state index contributed by atoms with van der Waals surface area (Å²) in [5.74, 6) is -0.657. The Kier molecular flexibility index (Phi) is 3.96. The molecule has 1 atom stereocenters. The molecule has 0 aromatic heterocycles. The number of hydrogen-bond donors (Lipinski definition) is 0. The van der Waals surface area contributed by atoms with Gasteiger partial charge in [0.25, 0.3) is 0 Å². The third kappa shape index (κ3) is 2.81. The van der Waals surface area contributed by atoms with Crippen molar-refractivity contribution in [2.75, 3.05) is 0 Å². The van der Waals surface area contributed by atoms with Crippen LogP contribution < -0.4 is 0 Å². The van der Waals surface area contributed by atoms with Gasteiger partial charge in [-0.2, -0.15) is 0 Å². The zero-order chi connectivity index (χ0) is 15.0. The van der Waals surface area contributed by atoms with Gasteiger partial charge in [-0.3, -0.25) is 0 Å². The molecule has 0 spiro atoms. The topological polar surface area (TPSA) is 0 Å². The molecule has 106 valence electrons. The minimum Gasteiger partial charge on any atom is -0.207 e. The van der Waals surface area contributed by atoms with Gasteiger partial charge in [0.05, 0.1) is 5.38 Å². The highest BCUT2D eigenvalue weighted by atomic mass is 79.9. The van der Waals surface area contributed by atoms with E-state index in [4.69, 9.17) is 11.6 Å². The average Bonchev–Trinajstić information content (AvgIpc) is 2.46. The maximum atomic E-state index is 13.8. The van der Waals surface area contributed by atoms with Crippen LogP contribution in [0.2, 0.25) is 0 Å². The standard InChI is InChI=1S/C17H10BrClF2/c18-11-7-10(8-12(20)9-11)17(19)15-5-6-16(21)14-4-2-1-3-13(14)15/h1-9,17H. The largest absolute Gasteiger partial charge is 0.207 e. The SMILES string of the molecule is Fc1cc(Br)cc(C(Cl)c2ccc(F)c3ccccc23)c1. The van der Waals surface area contributed by atoms with Crippen molar-refractivity contribution in [3.63, 3.8) is 0 Å². The predicted octanol–water partition coefficient (Wildman–Crippen LogP) is 6.21. The molecule has 0 fully saturated rings. The summed E-state index contributed by atoms with van der Waals surface area (Å²) in [5.41, 5.74) is 1.38. The highest BCUT2D eigenvalue weighted by Crippen LogP contribution is 2.35. The van der Waals surface area contributed by atoms with E-state index in [1.54, 1.807) is 24.3 Å². The Morgan fingerprint density at radius 3 is 2.33 bits per heavy atom. The molecule has 3 rings (SSSR count). The summed E-state index contributed by atoms with van der Waals surface area (Å²) in [6.45, 7) is 0. The molecule has 0 saturated heterocycles. The quantitative estimate of drug-likeness (QED) is 0.472. The van der Waals surface area contributed by atoms with Crippen LogP contribution in [0.25, 0.3) is 10.8 Å². The van der Waals surface area contributed by atoms with E-state index in [1.165, 1.54) is 18.2 Å². The van der Waals surface area contributed by atoms with Crippen molar-refractivity contribution >= 4 is 38.3 Å². The van der Waals surface area contributed by atoms with Gasteiger partial charge in [-0.05, 0) is 40.8 Å². The summed E-state index contributed by atoms with van der Waals surface area (Å²) in [6.07, 6.45) is 0. The van der Waals surface area contributed by atoms with Crippen LogP contribution in [0.4, 0.5) is 8.78 Å². The van der Waals surface area contributed by atoms with Crippen LogP contribution in [-0.2, 0) is 0 Å². The number of fused-ring (bicyclic) bond motifs is 1. The molecule has 3 aromatic carbocycles. The summed E-state index contributed by atoms with van der Waals surface area (Å²) < 4.78 is 28.0. The minimum absolute atomic E-state index is 0.293. The molecule has 4 heteroatoms. The van der Waals surface area contributed by atoms with E-state index in [-0.39, 0.29) is 11.6 Å². The first-order chi connectivity index (χ1) is 10.1. The maximum absolute atomic E-state index is 13.8. The number of alkyl halides is 1. The van der Waals surface area contributed by atoms with Crippen LogP contribution in [-0.4, -0.2) is 0 Å². The van der Waals surface area contributed by atoms with Gasteiger partial charge in [0.2, 0.25) is 0 Å². The number of halogens is 4.